The Morgan fingerprint density at radius 3 is 2.67 bits per heavy atom. The summed E-state index contributed by atoms with van der Waals surface area (Å²) in [6, 6.07) is 9.72. The van der Waals surface area contributed by atoms with Crippen molar-refractivity contribution in [3.8, 4) is 0 Å². The maximum Gasteiger partial charge on any atom is 0.122 e. The van der Waals surface area contributed by atoms with Gasteiger partial charge in [0.15, 0.2) is 0 Å². The summed E-state index contributed by atoms with van der Waals surface area (Å²) in [6.07, 6.45) is 2.20. The van der Waals surface area contributed by atoms with Gasteiger partial charge in [-0.15, -0.1) is 11.3 Å². The zero-order valence-corrected chi connectivity index (χ0v) is 13.5. The second kappa shape index (κ2) is 8.27. The molecule has 0 amide bonds. The Hall–Kier alpha value is -1.23. The van der Waals surface area contributed by atoms with Crippen LogP contribution in [0.2, 0.25) is 0 Å². The van der Waals surface area contributed by atoms with E-state index in [0.717, 1.165) is 29.1 Å². The van der Waals surface area contributed by atoms with E-state index in [1.807, 2.05) is 42.6 Å². The lowest BCUT2D eigenvalue weighted by molar-refractivity contribution is 0.0553. The Balaban J connectivity index is 2.02. The molecule has 0 spiro atoms. The summed E-state index contributed by atoms with van der Waals surface area (Å²) in [5, 5.41) is 13.3. The van der Waals surface area contributed by atoms with Crippen LogP contribution in [0.15, 0.2) is 35.7 Å². The molecule has 2 atom stereocenters. The van der Waals surface area contributed by atoms with Crippen molar-refractivity contribution in [2.75, 3.05) is 6.61 Å². The van der Waals surface area contributed by atoms with Crippen molar-refractivity contribution in [2.45, 2.75) is 45.3 Å². The van der Waals surface area contributed by atoms with Crippen LogP contribution in [0.25, 0.3) is 0 Å². The highest BCUT2D eigenvalue weighted by molar-refractivity contribution is 7.09. The Morgan fingerprint density at radius 1 is 1.24 bits per heavy atom. The van der Waals surface area contributed by atoms with Crippen molar-refractivity contribution >= 4 is 11.3 Å². The summed E-state index contributed by atoms with van der Waals surface area (Å²) >= 11 is 1.63. The van der Waals surface area contributed by atoms with Gasteiger partial charge in [-0.2, -0.15) is 0 Å². The van der Waals surface area contributed by atoms with Crippen LogP contribution in [0.3, 0.4) is 0 Å². The van der Waals surface area contributed by atoms with Gasteiger partial charge in [-0.25, -0.2) is 4.98 Å². The Kier molecular flexibility index (Phi) is 6.36. The summed E-state index contributed by atoms with van der Waals surface area (Å²) in [4.78, 5) is 4.65. The smallest absolute Gasteiger partial charge is 0.122 e. The molecule has 0 fully saturated rings. The lowest BCUT2D eigenvalue weighted by Crippen LogP contribution is -2.05. The molecule has 2 unspecified atom stereocenters. The van der Waals surface area contributed by atoms with Crippen LogP contribution in [0.5, 0.6) is 0 Å². The number of aromatic nitrogens is 1. The molecule has 1 aromatic carbocycles. The number of hydrogen-bond donors (Lipinski definition) is 1. The Bertz CT molecular complexity index is 521. The Labute approximate surface area is 130 Å². The van der Waals surface area contributed by atoms with Crippen LogP contribution in [0.1, 0.15) is 55.2 Å². The third kappa shape index (κ3) is 4.63. The molecule has 21 heavy (non-hydrogen) atoms. The highest BCUT2D eigenvalue weighted by atomic mass is 32.1. The van der Waals surface area contributed by atoms with Gasteiger partial charge in [-0.1, -0.05) is 43.7 Å². The summed E-state index contributed by atoms with van der Waals surface area (Å²) in [5.41, 5.74) is 1.87. The van der Waals surface area contributed by atoms with Crippen molar-refractivity contribution in [3.63, 3.8) is 0 Å². The lowest BCUT2D eigenvalue weighted by Gasteiger charge is -2.13. The van der Waals surface area contributed by atoms with E-state index >= 15 is 0 Å². The molecular formula is C17H23NO2S. The van der Waals surface area contributed by atoms with Gasteiger partial charge in [-0.3, -0.25) is 0 Å². The van der Waals surface area contributed by atoms with Crippen molar-refractivity contribution in [1.82, 2.24) is 4.98 Å². The molecule has 2 rings (SSSR count). The summed E-state index contributed by atoms with van der Waals surface area (Å²) in [5.74, 6) is 0. The normalized spacial score (nSPS) is 14.0. The van der Waals surface area contributed by atoms with Gasteiger partial charge in [-0.05, 0) is 18.9 Å². The third-order valence-corrected chi connectivity index (χ3v) is 4.34. The first kappa shape index (κ1) is 16.1. The number of nitrogens with zero attached hydrogens (tertiary/aromatic N) is 1. The molecule has 1 N–H and O–H groups in total. The summed E-state index contributed by atoms with van der Waals surface area (Å²) in [7, 11) is 0. The number of benzene rings is 1. The highest BCUT2D eigenvalue weighted by Gasteiger charge is 2.16. The number of thiazole rings is 1. The molecular weight excluding hydrogens is 282 g/mol. The first-order valence-corrected chi connectivity index (χ1v) is 8.41. The fourth-order valence-corrected chi connectivity index (χ4v) is 3.21. The van der Waals surface area contributed by atoms with E-state index in [1.165, 1.54) is 0 Å². The van der Waals surface area contributed by atoms with Gasteiger partial charge in [0.25, 0.3) is 0 Å². The van der Waals surface area contributed by atoms with Gasteiger partial charge < -0.3 is 9.84 Å². The van der Waals surface area contributed by atoms with Crippen LogP contribution in [-0.4, -0.2) is 16.7 Å². The highest BCUT2D eigenvalue weighted by Crippen LogP contribution is 2.27. The minimum absolute atomic E-state index is 0.0904. The van der Waals surface area contributed by atoms with Gasteiger partial charge in [0.05, 0.1) is 11.8 Å². The minimum atomic E-state index is -0.502. The average molecular weight is 305 g/mol. The fraction of sp³-hybridized carbons (Fsp3) is 0.471. The fourth-order valence-electron chi connectivity index (χ4n) is 2.30. The Morgan fingerprint density at radius 2 is 2.00 bits per heavy atom. The molecule has 0 saturated carbocycles. The van der Waals surface area contributed by atoms with Crippen molar-refractivity contribution in [2.24, 2.45) is 0 Å². The van der Waals surface area contributed by atoms with Gasteiger partial charge in [0, 0.05) is 18.4 Å². The van der Waals surface area contributed by atoms with Crippen molar-refractivity contribution in [1.29, 1.82) is 0 Å². The number of aliphatic hydroxyl groups is 1. The van der Waals surface area contributed by atoms with E-state index in [9.17, 15) is 5.11 Å². The largest absolute Gasteiger partial charge is 0.388 e. The predicted molar refractivity (Wildman–Crippen MR) is 86.5 cm³/mol. The van der Waals surface area contributed by atoms with Crippen molar-refractivity contribution < 1.29 is 9.84 Å². The van der Waals surface area contributed by atoms with Crippen LogP contribution in [0, 0.1) is 0 Å². The molecule has 114 valence electrons. The van der Waals surface area contributed by atoms with Gasteiger partial charge in [0.2, 0.25) is 0 Å². The molecule has 0 aliphatic carbocycles. The quantitative estimate of drug-likeness (QED) is 0.791. The van der Waals surface area contributed by atoms with E-state index in [2.05, 4.69) is 11.9 Å². The monoisotopic (exact) mass is 305 g/mol. The number of rotatable bonds is 8. The zero-order chi connectivity index (χ0) is 15.1. The maximum absolute atomic E-state index is 10.3. The number of aliphatic hydroxyl groups excluding tert-OH is 1. The van der Waals surface area contributed by atoms with E-state index in [4.69, 9.17) is 4.74 Å². The summed E-state index contributed by atoms with van der Waals surface area (Å²) in [6.45, 7) is 4.86. The van der Waals surface area contributed by atoms with E-state index in [0.29, 0.717) is 13.0 Å². The molecule has 0 aliphatic heterocycles. The number of ether oxygens (including phenoxy) is 1. The molecule has 2 aromatic rings. The molecule has 0 aliphatic rings. The molecule has 1 aromatic heterocycles. The molecule has 1 heterocycles. The van der Waals surface area contributed by atoms with Crippen LogP contribution in [0.4, 0.5) is 0 Å². The van der Waals surface area contributed by atoms with E-state index in [-0.39, 0.29) is 6.10 Å². The molecule has 0 radical (unpaired) electrons. The molecule has 0 saturated heterocycles. The van der Waals surface area contributed by atoms with Crippen LogP contribution >= 0.6 is 11.3 Å². The van der Waals surface area contributed by atoms with Crippen LogP contribution < -0.4 is 0 Å². The molecule has 3 nitrogen and oxygen atoms in total. The molecule has 4 heteroatoms. The zero-order valence-electron chi connectivity index (χ0n) is 12.7. The minimum Gasteiger partial charge on any atom is -0.388 e. The first-order chi connectivity index (χ1) is 10.2. The third-order valence-electron chi connectivity index (χ3n) is 3.35. The van der Waals surface area contributed by atoms with E-state index in [1.54, 1.807) is 11.3 Å². The standard InChI is InChI=1S/C17H23NO2S/c1-3-8-16(20-4-2)17-18-14(12-21-17)11-15(19)13-9-6-5-7-10-13/h5-7,9-10,12,15-16,19H,3-4,8,11H2,1-2H3. The SMILES string of the molecule is CCCC(OCC)c1nc(CC(O)c2ccccc2)cs1. The van der Waals surface area contributed by atoms with E-state index < -0.39 is 6.10 Å². The number of hydrogen-bond acceptors (Lipinski definition) is 4. The van der Waals surface area contributed by atoms with Gasteiger partial charge in [0.1, 0.15) is 11.1 Å². The van der Waals surface area contributed by atoms with Crippen LogP contribution in [-0.2, 0) is 11.2 Å². The second-order valence-electron chi connectivity index (χ2n) is 5.04. The molecule has 0 bridgehead atoms. The van der Waals surface area contributed by atoms with Crippen molar-refractivity contribution in [3.05, 3.63) is 52.0 Å². The second-order valence-corrected chi connectivity index (χ2v) is 5.93. The first-order valence-electron chi connectivity index (χ1n) is 7.53. The van der Waals surface area contributed by atoms with Gasteiger partial charge >= 0.3 is 0 Å². The topological polar surface area (TPSA) is 42.4 Å². The predicted octanol–water partition coefficient (Wildman–Crippen LogP) is 4.30. The summed E-state index contributed by atoms with van der Waals surface area (Å²) < 4.78 is 5.76. The average Bonchev–Trinajstić information content (AvgIpc) is 2.96. The maximum atomic E-state index is 10.3. The lowest BCUT2D eigenvalue weighted by atomic mass is 10.1.